The predicted molar refractivity (Wildman–Crippen MR) is 104 cm³/mol. The van der Waals surface area contributed by atoms with Crippen LogP contribution in [-0.2, 0) is 5.75 Å². The van der Waals surface area contributed by atoms with Crippen molar-refractivity contribution < 1.29 is 4.42 Å². The van der Waals surface area contributed by atoms with Crippen molar-refractivity contribution in [2.24, 2.45) is 0 Å². The van der Waals surface area contributed by atoms with Gasteiger partial charge in [0, 0.05) is 20.3 Å². The summed E-state index contributed by atoms with van der Waals surface area (Å²) in [5.74, 6) is 1.24. The van der Waals surface area contributed by atoms with E-state index in [4.69, 9.17) is 16.0 Å². The van der Waals surface area contributed by atoms with Gasteiger partial charge in [-0.15, -0.1) is 21.5 Å². The minimum Gasteiger partial charge on any atom is -0.410 e. The predicted octanol–water partition coefficient (Wildman–Crippen LogP) is 6.66. The summed E-state index contributed by atoms with van der Waals surface area (Å²) in [5, 5.41) is 10.5. The Labute approximate surface area is 160 Å². The molecule has 4 rings (SSSR count). The van der Waals surface area contributed by atoms with Crippen LogP contribution in [0.4, 0.5) is 0 Å². The van der Waals surface area contributed by atoms with Gasteiger partial charge < -0.3 is 4.42 Å². The fourth-order valence-corrected chi connectivity index (χ4v) is 4.65. The van der Waals surface area contributed by atoms with Crippen molar-refractivity contribution in [3.05, 3.63) is 63.6 Å². The zero-order chi connectivity index (χ0) is 16.5. The normalized spacial score (nSPS) is 11.2. The first-order valence-electron chi connectivity index (χ1n) is 7.09. The Bertz CT molecular complexity index is 997. The molecular formula is C17H10BrClN2OS2. The molecule has 2 heterocycles. The number of thioether (sulfide) groups is 1. The highest BCUT2D eigenvalue weighted by molar-refractivity contribution is 9.10. The van der Waals surface area contributed by atoms with Gasteiger partial charge in [-0.2, -0.15) is 0 Å². The Hall–Kier alpha value is -1.34. The van der Waals surface area contributed by atoms with E-state index in [0.717, 1.165) is 25.2 Å². The van der Waals surface area contributed by atoms with Gasteiger partial charge in [0.15, 0.2) is 0 Å². The lowest BCUT2D eigenvalue weighted by atomic mass is 10.2. The second kappa shape index (κ2) is 6.88. The molecule has 0 fully saturated rings. The van der Waals surface area contributed by atoms with E-state index in [1.165, 1.54) is 17.3 Å². The lowest BCUT2D eigenvalue weighted by Gasteiger charge is -1.98. The average Bonchev–Trinajstić information content (AvgIpc) is 3.19. The zero-order valence-electron chi connectivity index (χ0n) is 12.2. The molecule has 0 atom stereocenters. The SMILES string of the molecule is Clc1c(-c2nnc(SCc3ccc(Br)cc3)o2)sc2ccccc12. The van der Waals surface area contributed by atoms with Crippen molar-refractivity contribution >= 4 is 60.7 Å². The van der Waals surface area contributed by atoms with E-state index in [-0.39, 0.29) is 0 Å². The van der Waals surface area contributed by atoms with E-state index in [1.54, 1.807) is 11.3 Å². The summed E-state index contributed by atoms with van der Waals surface area (Å²) in [4.78, 5) is 0.820. The first-order valence-corrected chi connectivity index (χ1v) is 10.1. The van der Waals surface area contributed by atoms with Crippen LogP contribution in [0.15, 0.2) is 62.6 Å². The molecule has 0 radical (unpaired) electrons. The summed E-state index contributed by atoms with van der Waals surface area (Å²) in [7, 11) is 0. The van der Waals surface area contributed by atoms with Gasteiger partial charge in [0.05, 0.1) is 5.02 Å². The number of fused-ring (bicyclic) bond motifs is 1. The van der Waals surface area contributed by atoms with Crippen LogP contribution in [0.1, 0.15) is 5.56 Å². The lowest BCUT2D eigenvalue weighted by Crippen LogP contribution is -1.80. The quantitative estimate of drug-likeness (QED) is 0.335. The highest BCUT2D eigenvalue weighted by atomic mass is 79.9. The number of thiophene rings is 1. The maximum Gasteiger partial charge on any atom is 0.277 e. The van der Waals surface area contributed by atoms with Crippen LogP contribution in [-0.4, -0.2) is 10.2 Å². The van der Waals surface area contributed by atoms with Gasteiger partial charge in [0.2, 0.25) is 0 Å². The Morgan fingerprint density at radius 3 is 2.67 bits per heavy atom. The first-order chi connectivity index (χ1) is 11.7. The Kier molecular flexibility index (Phi) is 4.63. The molecule has 3 nitrogen and oxygen atoms in total. The third kappa shape index (κ3) is 3.24. The maximum atomic E-state index is 6.46. The molecule has 0 spiro atoms. The maximum absolute atomic E-state index is 6.46. The largest absolute Gasteiger partial charge is 0.410 e. The van der Waals surface area contributed by atoms with E-state index < -0.39 is 0 Å². The van der Waals surface area contributed by atoms with Gasteiger partial charge in [-0.25, -0.2) is 0 Å². The molecule has 0 unspecified atom stereocenters. The summed E-state index contributed by atoms with van der Waals surface area (Å²) < 4.78 is 7.96. The van der Waals surface area contributed by atoms with Crippen molar-refractivity contribution in [3.8, 4) is 10.8 Å². The minimum atomic E-state index is 0.472. The topological polar surface area (TPSA) is 38.9 Å². The molecule has 4 aromatic rings. The molecule has 0 amide bonds. The van der Waals surface area contributed by atoms with E-state index in [2.05, 4.69) is 38.3 Å². The number of rotatable bonds is 4. The summed E-state index contributed by atoms with van der Waals surface area (Å²) in [6, 6.07) is 16.2. The lowest BCUT2D eigenvalue weighted by molar-refractivity contribution is 0.467. The number of nitrogens with zero attached hydrogens (tertiary/aromatic N) is 2. The van der Waals surface area contributed by atoms with Crippen LogP contribution in [0.3, 0.4) is 0 Å². The van der Waals surface area contributed by atoms with Gasteiger partial charge in [-0.3, -0.25) is 0 Å². The molecule has 24 heavy (non-hydrogen) atoms. The van der Waals surface area contributed by atoms with Crippen LogP contribution in [0.2, 0.25) is 5.02 Å². The second-order valence-electron chi connectivity index (χ2n) is 5.03. The van der Waals surface area contributed by atoms with Gasteiger partial charge in [0.1, 0.15) is 4.88 Å². The molecule has 0 aliphatic rings. The number of halogens is 2. The molecule has 0 aliphatic carbocycles. The molecule has 0 N–H and O–H groups in total. The van der Waals surface area contributed by atoms with Crippen LogP contribution < -0.4 is 0 Å². The number of hydrogen-bond acceptors (Lipinski definition) is 5. The third-order valence-corrected chi connectivity index (χ3v) is 6.49. The van der Waals surface area contributed by atoms with Crippen LogP contribution in [0.25, 0.3) is 20.9 Å². The van der Waals surface area contributed by atoms with E-state index in [1.807, 2.05) is 36.4 Å². The summed E-state index contributed by atoms with van der Waals surface area (Å²) in [6.45, 7) is 0. The molecule has 0 bridgehead atoms. The Balaban J connectivity index is 1.55. The van der Waals surface area contributed by atoms with Crippen molar-refractivity contribution in [2.45, 2.75) is 11.0 Å². The highest BCUT2D eigenvalue weighted by Gasteiger charge is 2.17. The van der Waals surface area contributed by atoms with E-state index >= 15 is 0 Å². The van der Waals surface area contributed by atoms with Crippen molar-refractivity contribution in [1.29, 1.82) is 0 Å². The Morgan fingerprint density at radius 1 is 1.08 bits per heavy atom. The fourth-order valence-electron chi connectivity index (χ4n) is 2.24. The third-order valence-electron chi connectivity index (χ3n) is 3.41. The summed E-state index contributed by atoms with van der Waals surface area (Å²) in [6.07, 6.45) is 0. The monoisotopic (exact) mass is 436 g/mol. The molecule has 0 saturated heterocycles. The average molecular weight is 438 g/mol. The van der Waals surface area contributed by atoms with E-state index in [9.17, 15) is 0 Å². The van der Waals surface area contributed by atoms with Gasteiger partial charge in [0.25, 0.3) is 11.1 Å². The molecule has 0 saturated carbocycles. The summed E-state index contributed by atoms with van der Waals surface area (Å²) in [5.41, 5.74) is 1.20. The Morgan fingerprint density at radius 2 is 1.88 bits per heavy atom. The van der Waals surface area contributed by atoms with Gasteiger partial charge in [-0.1, -0.05) is 69.6 Å². The standard InChI is InChI=1S/C17H10BrClN2OS2/c18-11-7-5-10(6-8-11)9-23-17-21-20-16(22-17)15-14(19)12-3-1-2-4-13(12)24-15/h1-8H,9H2. The van der Waals surface area contributed by atoms with Crippen molar-refractivity contribution in [1.82, 2.24) is 10.2 Å². The smallest absolute Gasteiger partial charge is 0.277 e. The molecule has 0 aliphatic heterocycles. The number of aromatic nitrogens is 2. The zero-order valence-corrected chi connectivity index (χ0v) is 16.2. The molecule has 120 valence electrons. The molecule has 2 aromatic heterocycles. The van der Waals surface area contributed by atoms with Crippen LogP contribution >= 0.6 is 50.6 Å². The molecule has 7 heteroatoms. The number of benzene rings is 2. The second-order valence-corrected chi connectivity index (χ2v) is 8.30. The molecule has 2 aromatic carbocycles. The highest BCUT2D eigenvalue weighted by Crippen LogP contribution is 2.41. The van der Waals surface area contributed by atoms with Crippen LogP contribution in [0.5, 0.6) is 0 Å². The van der Waals surface area contributed by atoms with Gasteiger partial charge >= 0.3 is 0 Å². The molecular weight excluding hydrogens is 428 g/mol. The number of hydrogen-bond donors (Lipinski definition) is 0. The van der Waals surface area contributed by atoms with E-state index in [0.29, 0.717) is 16.1 Å². The first kappa shape index (κ1) is 16.1. The minimum absolute atomic E-state index is 0.472. The van der Waals surface area contributed by atoms with Gasteiger partial charge in [-0.05, 0) is 23.8 Å². The van der Waals surface area contributed by atoms with Crippen molar-refractivity contribution in [3.63, 3.8) is 0 Å². The summed E-state index contributed by atoms with van der Waals surface area (Å²) >= 11 is 13.0. The van der Waals surface area contributed by atoms with Crippen molar-refractivity contribution in [2.75, 3.05) is 0 Å². The van der Waals surface area contributed by atoms with Crippen LogP contribution in [0, 0.1) is 0 Å². The fraction of sp³-hybridized carbons (Fsp3) is 0.0588.